The molecule has 0 saturated carbocycles. The molecule has 3 N–H and O–H groups in total. The molecule has 2 atom stereocenters. The second kappa shape index (κ2) is 7.74. The van der Waals surface area contributed by atoms with Crippen LogP contribution >= 0.6 is 0 Å². The number of benzene rings is 1. The van der Waals surface area contributed by atoms with Gasteiger partial charge in [-0.05, 0) is 24.8 Å². The molecule has 0 aliphatic carbocycles. The molecule has 1 saturated heterocycles. The van der Waals surface area contributed by atoms with Crippen LogP contribution in [0.15, 0.2) is 30.3 Å². The summed E-state index contributed by atoms with van der Waals surface area (Å²) >= 11 is 0. The van der Waals surface area contributed by atoms with E-state index in [2.05, 4.69) is 0 Å². The van der Waals surface area contributed by atoms with Crippen molar-refractivity contribution >= 4 is 0 Å². The summed E-state index contributed by atoms with van der Waals surface area (Å²) < 4.78 is 11.3. The highest BCUT2D eigenvalue weighted by Crippen LogP contribution is 2.23. The van der Waals surface area contributed by atoms with Crippen LogP contribution in [0, 0.1) is 0 Å². The van der Waals surface area contributed by atoms with E-state index in [1.54, 1.807) is 0 Å². The predicted molar refractivity (Wildman–Crippen MR) is 78.4 cm³/mol. The number of ether oxygens (including phenoxy) is 2. The Labute approximate surface area is 120 Å². The van der Waals surface area contributed by atoms with Gasteiger partial charge in [0.1, 0.15) is 5.60 Å². The van der Waals surface area contributed by atoms with E-state index in [4.69, 9.17) is 15.2 Å². The molecule has 112 valence electrons. The minimum absolute atomic E-state index is 0.195. The number of hydrogen-bond acceptors (Lipinski definition) is 4. The van der Waals surface area contributed by atoms with Crippen molar-refractivity contribution in [3.8, 4) is 0 Å². The van der Waals surface area contributed by atoms with Gasteiger partial charge in [0.15, 0.2) is 0 Å². The van der Waals surface area contributed by atoms with E-state index in [9.17, 15) is 5.11 Å². The quantitative estimate of drug-likeness (QED) is 0.747. The van der Waals surface area contributed by atoms with Gasteiger partial charge in [0.05, 0.1) is 12.7 Å². The third-order valence-electron chi connectivity index (χ3n) is 3.89. The second-order valence-electron chi connectivity index (χ2n) is 5.42. The average molecular weight is 279 g/mol. The largest absolute Gasteiger partial charge is 0.384 e. The van der Waals surface area contributed by atoms with E-state index in [1.807, 2.05) is 30.3 Å². The Hall–Kier alpha value is -0.940. The first-order valence-electron chi connectivity index (χ1n) is 7.42. The van der Waals surface area contributed by atoms with Crippen LogP contribution in [0.1, 0.15) is 31.2 Å². The van der Waals surface area contributed by atoms with Crippen molar-refractivity contribution in [2.45, 2.75) is 37.4 Å². The van der Waals surface area contributed by atoms with Crippen LogP contribution in [0.5, 0.6) is 0 Å². The minimum Gasteiger partial charge on any atom is -0.384 e. The molecule has 1 heterocycles. The van der Waals surface area contributed by atoms with Crippen molar-refractivity contribution in [2.24, 2.45) is 5.73 Å². The smallest absolute Gasteiger partial charge is 0.104 e. The maximum Gasteiger partial charge on any atom is 0.104 e. The molecule has 0 radical (unpaired) electrons. The van der Waals surface area contributed by atoms with Crippen LogP contribution in [0.2, 0.25) is 0 Å². The zero-order valence-electron chi connectivity index (χ0n) is 12.0. The zero-order chi connectivity index (χ0) is 14.3. The van der Waals surface area contributed by atoms with Gasteiger partial charge in [-0.25, -0.2) is 0 Å². The van der Waals surface area contributed by atoms with Crippen molar-refractivity contribution in [3.63, 3.8) is 0 Å². The Kier molecular flexibility index (Phi) is 5.98. The summed E-state index contributed by atoms with van der Waals surface area (Å²) in [6, 6.07) is 9.55. The van der Waals surface area contributed by atoms with Gasteiger partial charge in [0.2, 0.25) is 0 Å². The average Bonchev–Trinajstić information content (AvgIpc) is 2.53. The summed E-state index contributed by atoms with van der Waals surface area (Å²) in [6.45, 7) is 2.13. The Morgan fingerprint density at radius 3 is 2.75 bits per heavy atom. The van der Waals surface area contributed by atoms with E-state index in [-0.39, 0.29) is 12.6 Å². The summed E-state index contributed by atoms with van der Waals surface area (Å²) in [5.74, 6) is 0. The number of aliphatic hydroxyl groups is 1. The molecule has 0 bridgehead atoms. The summed E-state index contributed by atoms with van der Waals surface area (Å²) in [5.41, 5.74) is 5.58. The van der Waals surface area contributed by atoms with Gasteiger partial charge in [-0.15, -0.1) is 0 Å². The SMILES string of the molecule is NCC(O)(CCOCC1CCCCO1)c1ccccc1. The third kappa shape index (κ3) is 4.28. The lowest BCUT2D eigenvalue weighted by molar-refractivity contribution is -0.0554. The lowest BCUT2D eigenvalue weighted by Gasteiger charge is -2.28. The molecule has 4 heteroatoms. The van der Waals surface area contributed by atoms with Crippen molar-refractivity contribution in [2.75, 3.05) is 26.4 Å². The van der Waals surface area contributed by atoms with E-state index in [0.717, 1.165) is 25.0 Å². The normalized spacial score (nSPS) is 22.4. The Bertz CT molecular complexity index is 379. The van der Waals surface area contributed by atoms with Gasteiger partial charge in [0, 0.05) is 26.2 Å². The van der Waals surface area contributed by atoms with Gasteiger partial charge < -0.3 is 20.3 Å². The van der Waals surface area contributed by atoms with Gasteiger partial charge in [-0.3, -0.25) is 0 Å². The first-order chi connectivity index (χ1) is 9.74. The van der Waals surface area contributed by atoms with E-state index >= 15 is 0 Å². The summed E-state index contributed by atoms with van der Waals surface area (Å²) in [4.78, 5) is 0. The molecule has 1 aliphatic rings. The van der Waals surface area contributed by atoms with Crippen LogP contribution in [0.3, 0.4) is 0 Å². The number of hydrogen-bond donors (Lipinski definition) is 2. The van der Waals surface area contributed by atoms with E-state index in [0.29, 0.717) is 19.6 Å². The van der Waals surface area contributed by atoms with Crippen molar-refractivity contribution in [1.29, 1.82) is 0 Å². The van der Waals surface area contributed by atoms with Gasteiger partial charge in [0.25, 0.3) is 0 Å². The first kappa shape index (κ1) is 15.4. The van der Waals surface area contributed by atoms with Gasteiger partial charge >= 0.3 is 0 Å². The fourth-order valence-corrected chi connectivity index (χ4v) is 2.51. The highest BCUT2D eigenvalue weighted by molar-refractivity contribution is 5.22. The molecular weight excluding hydrogens is 254 g/mol. The topological polar surface area (TPSA) is 64.7 Å². The molecule has 4 nitrogen and oxygen atoms in total. The molecule has 0 amide bonds. The lowest BCUT2D eigenvalue weighted by Crippen LogP contribution is -2.36. The van der Waals surface area contributed by atoms with Crippen molar-refractivity contribution in [1.82, 2.24) is 0 Å². The number of rotatable bonds is 7. The maximum absolute atomic E-state index is 10.6. The lowest BCUT2D eigenvalue weighted by atomic mass is 9.91. The predicted octanol–water partition coefficient (Wildman–Crippen LogP) is 1.81. The third-order valence-corrected chi connectivity index (χ3v) is 3.89. The molecular formula is C16H25NO3. The highest BCUT2D eigenvalue weighted by Gasteiger charge is 2.27. The Balaban J connectivity index is 1.76. The summed E-state index contributed by atoms with van der Waals surface area (Å²) in [6.07, 6.45) is 4.15. The van der Waals surface area contributed by atoms with Crippen LogP contribution in [0.25, 0.3) is 0 Å². The fourth-order valence-electron chi connectivity index (χ4n) is 2.51. The summed E-state index contributed by atoms with van der Waals surface area (Å²) in [5, 5.41) is 10.6. The second-order valence-corrected chi connectivity index (χ2v) is 5.42. The molecule has 2 rings (SSSR count). The van der Waals surface area contributed by atoms with E-state index in [1.165, 1.54) is 6.42 Å². The van der Waals surface area contributed by atoms with Gasteiger partial charge in [-0.1, -0.05) is 30.3 Å². The monoisotopic (exact) mass is 279 g/mol. The fraction of sp³-hybridized carbons (Fsp3) is 0.625. The molecule has 2 unspecified atom stereocenters. The van der Waals surface area contributed by atoms with Crippen molar-refractivity contribution < 1.29 is 14.6 Å². The Morgan fingerprint density at radius 1 is 1.30 bits per heavy atom. The minimum atomic E-state index is -1.01. The highest BCUT2D eigenvalue weighted by atomic mass is 16.5. The van der Waals surface area contributed by atoms with Gasteiger partial charge in [-0.2, -0.15) is 0 Å². The molecule has 0 spiro atoms. The maximum atomic E-state index is 10.6. The molecule has 0 aromatic heterocycles. The van der Waals surface area contributed by atoms with Crippen LogP contribution in [-0.2, 0) is 15.1 Å². The Morgan fingerprint density at radius 2 is 2.10 bits per heavy atom. The summed E-state index contributed by atoms with van der Waals surface area (Å²) in [7, 11) is 0. The molecule has 1 aliphatic heterocycles. The van der Waals surface area contributed by atoms with E-state index < -0.39 is 5.60 Å². The van der Waals surface area contributed by atoms with Crippen molar-refractivity contribution in [3.05, 3.63) is 35.9 Å². The first-order valence-corrected chi connectivity index (χ1v) is 7.42. The van der Waals surface area contributed by atoms with Crippen LogP contribution in [0.4, 0.5) is 0 Å². The zero-order valence-corrected chi connectivity index (χ0v) is 12.0. The molecule has 1 aromatic carbocycles. The molecule has 1 aromatic rings. The number of nitrogens with two attached hydrogens (primary N) is 1. The van der Waals surface area contributed by atoms with Crippen LogP contribution in [-0.4, -0.2) is 37.6 Å². The standard InChI is InChI=1S/C16H25NO3/c17-13-16(18,14-6-2-1-3-7-14)9-11-19-12-15-8-4-5-10-20-15/h1-3,6-7,15,18H,4-5,8-13,17H2. The van der Waals surface area contributed by atoms with Crippen LogP contribution < -0.4 is 5.73 Å². The molecule has 1 fully saturated rings. The molecule has 20 heavy (non-hydrogen) atoms.